The summed E-state index contributed by atoms with van der Waals surface area (Å²) in [5.74, 6) is 0.130. The van der Waals surface area contributed by atoms with Crippen LogP contribution in [0.4, 0.5) is 4.79 Å². The van der Waals surface area contributed by atoms with Crippen molar-refractivity contribution in [1.29, 1.82) is 0 Å². The van der Waals surface area contributed by atoms with E-state index in [4.69, 9.17) is 9.47 Å². The molecular formula is C13H14O3. The maximum Gasteiger partial charge on any atom is 0.508 e. The van der Waals surface area contributed by atoms with Gasteiger partial charge in [-0.2, -0.15) is 0 Å². The first kappa shape index (κ1) is 10.7. The molecule has 0 amide bonds. The summed E-state index contributed by atoms with van der Waals surface area (Å²) in [6.45, 7) is 6.36. The van der Waals surface area contributed by atoms with Crippen molar-refractivity contribution in [3.05, 3.63) is 42.5 Å². The average molecular weight is 218 g/mol. The third-order valence-corrected chi connectivity index (χ3v) is 2.69. The van der Waals surface area contributed by atoms with E-state index in [-0.39, 0.29) is 12.0 Å². The summed E-state index contributed by atoms with van der Waals surface area (Å²) in [6, 6.07) is 9.73. The van der Waals surface area contributed by atoms with Crippen LogP contribution in [-0.2, 0) is 9.47 Å². The van der Waals surface area contributed by atoms with E-state index < -0.39 is 6.16 Å². The van der Waals surface area contributed by atoms with Gasteiger partial charge in [-0.1, -0.05) is 43.8 Å². The number of hydrogen-bond acceptors (Lipinski definition) is 3. The average Bonchev–Trinajstić information content (AvgIpc) is 2.32. The third-order valence-electron chi connectivity index (χ3n) is 2.69. The molecular weight excluding hydrogens is 204 g/mol. The Morgan fingerprint density at radius 2 is 2.06 bits per heavy atom. The molecule has 0 N–H and O–H groups in total. The molecule has 2 atom stereocenters. The van der Waals surface area contributed by atoms with Crippen molar-refractivity contribution in [2.75, 3.05) is 6.61 Å². The van der Waals surface area contributed by atoms with Crippen LogP contribution in [0.3, 0.4) is 0 Å². The largest absolute Gasteiger partial charge is 0.508 e. The van der Waals surface area contributed by atoms with Crippen molar-refractivity contribution < 1.29 is 14.3 Å². The van der Waals surface area contributed by atoms with E-state index in [9.17, 15) is 4.79 Å². The van der Waals surface area contributed by atoms with E-state index in [2.05, 4.69) is 6.58 Å². The molecule has 1 heterocycles. The van der Waals surface area contributed by atoms with Crippen molar-refractivity contribution in [3.8, 4) is 0 Å². The highest BCUT2D eigenvalue weighted by atomic mass is 16.7. The van der Waals surface area contributed by atoms with Crippen molar-refractivity contribution in [3.63, 3.8) is 0 Å². The number of ether oxygens (including phenoxy) is 2. The van der Waals surface area contributed by atoms with Crippen LogP contribution in [0.25, 0.3) is 5.57 Å². The van der Waals surface area contributed by atoms with Gasteiger partial charge in [0.2, 0.25) is 0 Å². The van der Waals surface area contributed by atoms with Gasteiger partial charge in [-0.05, 0) is 11.1 Å². The first-order valence-electron chi connectivity index (χ1n) is 5.26. The van der Waals surface area contributed by atoms with E-state index in [0.29, 0.717) is 6.61 Å². The van der Waals surface area contributed by atoms with Crippen molar-refractivity contribution >= 4 is 11.7 Å². The predicted molar refractivity (Wildman–Crippen MR) is 60.9 cm³/mol. The number of carbonyl (C=O) groups is 1. The first-order chi connectivity index (χ1) is 7.68. The summed E-state index contributed by atoms with van der Waals surface area (Å²) in [5.41, 5.74) is 1.82. The molecule has 3 nitrogen and oxygen atoms in total. The zero-order valence-electron chi connectivity index (χ0n) is 9.18. The summed E-state index contributed by atoms with van der Waals surface area (Å²) >= 11 is 0. The molecule has 1 aromatic rings. The minimum absolute atomic E-state index is 0.130. The normalized spacial score (nSPS) is 24.4. The number of benzene rings is 1. The molecule has 1 saturated heterocycles. The molecule has 3 heteroatoms. The van der Waals surface area contributed by atoms with E-state index in [1.54, 1.807) is 0 Å². The minimum atomic E-state index is -0.611. The van der Waals surface area contributed by atoms with Crippen molar-refractivity contribution in [2.45, 2.75) is 13.0 Å². The van der Waals surface area contributed by atoms with Crippen LogP contribution in [0.2, 0.25) is 0 Å². The highest BCUT2D eigenvalue weighted by molar-refractivity contribution is 5.71. The zero-order valence-corrected chi connectivity index (χ0v) is 9.18. The lowest BCUT2D eigenvalue weighted by molar-refractivity contribution is -0.0315. The Morgan fingerprint density at radius 3 is 2.75 bits per heavy atom. The lowest BCUT2D eigenvalue weighted by Gasteiger charge is -2.29. The fourth-order valence-electron chi connectivity index (χ4n) is 1.77. The third kappa shape index (κ3) is 2.08. The Labute approximate surface area is 94.7 Å². The molecule has 0 saturated carbocycles. The number of cyclic esters (lactones) is 2. The second-order valence-corrected chi connectivity index (χ2v) is 3.97. The van der Waals surface area contributed by atoms with Gasteiger partial charge in [-0.15, -0.1) is 0 Å². The summed E-state index contributed by atoms with van der Waals surface area (Å²) in [6.07, 6.45) is -0.899. The van der Waals surface area contributed by atoms with Crippen LogP contribution in [-0.4, -0.2) is 18.9 Å². The number of hydrogen-bond donors (Lipinski definition) is 0. The van der Waals surface area contributed by atoms with E-state index >= 15 is 0 Å². The second kappa shape index (κ2) is 4.39. The van der Waals surface area contributed by atoms with Crippen LogP contribution < -0.4 is 0 Å². The van der Waals surface area contributed by atoms with Gasteiger partial charge in [0.15, 0.2) is 0 Å². The highest BCUT2D eigenvalue weighted by Gasteiger charge is 2.31. The van der Waals surface area contributed by atoms with Gasteiger partial charge in [-0.3, -0.25) is 0 Å². The molecule has 0 spiro atoms. The van der Waals surface area contributed by atoms with Crippen LogP contribution in [0.1, 0.15) is 12.5 Å². The summed E-state index contributed by atoms with van der Waals surface area (Å²) in [4.78, 5) is 11.1. The number of rotatable bonds is 2. The lowest BCUT2D eigenvalue weighted by atomic mass is 9.93. The quantitative estimate of drug-likeness (QED) is 0.716. The highest BCUT2D eigenvalue weighted by Crippen LogP contribution is 2.27. The smallest absolute Gasteiger partial charge is 0.434 e. The van der Waals surface area contributed by atoms with Crippen LogP contribution in [0, 0.1) is 5.92 Å². The van der Waals surface area contributed by atoms with Crippen LogP contribution >= 0.6 is 0 Å². The van der Waals surface area contributed by atoms with Gasteiger partial charge in [0.05, 0.1) is 0 Å². The van der Waals surface area contributed by atoms with Crippen molar-refractivity contribution in [2.24, 2.45) is 5.92 Å². The molecule has 2 unspecified atom stereocenters. The second-order valence-electron chi connectivity index (χ2n) is 3.97. The first-order valence-corrected chi connectivity index (χ1v) is 5.26. The molecule has 0 radical (unpaired) electrons. The lowest BCUT2D eigenvalue weighted by Crippen LogP contribution is -2.35. The molecule has 1 fully saturated rings. The van der Waals surface area contributed by atoms with Crippen molar-refractivity contribution in [1.82, 2.24) is 0 Å². The molecule has 1 aliphatic rings. The van der Waals surface area contributed by atoms with Crippen LogP contribution in [0.15, 0.2) is 36.9 Å². The maximum absolute atomic E-state index is 11.1. The standard InChI is InChI=1S/C13H14O3/c1-9-8-15-13(14)16-12(9)10(2)11-6-4-3-5-7-11/h3-7,9,12H,2,8H2,1H3. The number of carbonyl (C=O) groups excluding carboxylic acids is 1. The molecule has 84 valence electrons. The monoisotopic (exact) mass is 218 g/mol. The van der Waals surface area contributed by atoms with E-state index in [0.717, 1.165) is 11.1 Å². The SMILES string of the molecule is C=C(c1ccccc1)C1OC(=O)OCC1C. The van der Waals surface area contributed by atoms with E-state index in [1.165, 1.54) is 0 Å². The maximum atomic E-state index is 11.1. The summed E-state index contributed by atoms with van der Waals surface area (Å²) < 4.78 is 9.96. The van der Waals surface area contributed by atoms with Gasteiger partial charge in [0, 0.05) is 5.92 Å². The molecule has 1 aliphatic heterocycles. The minimum Gasteiger partial charge on any atom is -0.434 e. The molecule has 2 rings (SSSR count). The summed E-state index contributed by atoms with van der Waals surface area (Å²) in [7, 11) is 0. The Morgan fingerprint density at radius 1 is 1.38 bits per heavy atom. The fourth-order valence-corrected chi connectivity index (χ4v) is 1.77. The molecule has 0 aliphatic carbocycles. The zero-order chi connectivity index (χ0) is 11.5. The van der Waals surface area contributed by atoms with Gasteiger partial charge >= 0.3 is 6.16 Å². The molecule has 1 aromatic carbocycles. The van der Waals surface area contributed by atoms with Crippen LogP contribution in [0.5, 0.6) is 0 Å². The fraction of sp³-hybridized carbons (Fsp3) is 0.308. The van der Waals surface area contributed by atoms with E-state index in [1.807, 2.05) is 37.3 Å². The Balaban J connectivity index is 2.18. The summed E-state index contributed by atoms with van der Waals surface area (Å²) in [5, 5.41) is 0. The van der Waals surface area contributed by atoms with Gasteiger partial charge in [0.1, 0.15) is 12.7 Å². The van der Waals surface area contributed by atoms with Gasteiger partial charge in [0.25, 0.3) is 0 Å². The predicted octanol–water partition coefficient (Wildman–Crippen LogP) is 2.87. The molecule has 0 bridgehead atoms. The van der Waals surface area contributed by atoms with Gasteiger partial charge in [-0.25, -0.2) is 4.79 Å². The Bertz CT molecular complexity index is 397. The topological polar surface area (TPSA) is 35.5 Å². The molecule has 0 aromatic heterocycles. The Hall–Kier alpha value is -1.77. The Kier molecular flexibility index (Phi) is 2.95. The molecule has 16 heavy (non-hydrogen) atoms. The van der Waals surface area contributed by atoms with Gasteiger partial charge < -0.3 is 9.47 Å².